The minimum atomic E-state index is -1.04. The summed E-state index contributed by atoms with van der Waals surface area (Å²) in [5, 5.41) is 13.5. The lowest BCUT2D eigenvalue weighted by atomic mass is 9.93. The van der Waals surface area contributed by atoms with Gasteiger partial charge < -0.3 is 5.11 Å². The molecule has 0 spiro atoms. The Morgan fingerprint density at radius 1 is 1.52 bits per heavy atom. The van der Waals surface area contributed by atoms with Crippen molar-refractivity contribution in [3.8, 4) is 0 Å². The van der Waals surface area contributed by atoms with Crippen molar-refractivity contribution in [2.24, 2.45) is 0 Å². The number of aryl methyl sites for hydroxylation is 1. The average Bonchev–Trinajstić information content (AvgIpc) is 3.05. The molecule has 108 valence electrons. The quantitative estimate of drug-likeness (QED) is 0.654. The van der Waals surface area contributed by atoms with Gasteiger partial charge in [-0.15, -0.1) is 0 Å². The van der Waals surface area contributed by atoms with Crippen LogP contribution < -0.4 is 0 Å². The minimum Gasteiger partial charge on any atom is -0.477 e. The van der Waals surface area contributed by atoms with Crippen molar-refractivity contribution < 1.29 is 14.7 Å². The third kappa shape index (κ3) is 1.84. The molecule has 4 heterocycles. The van der Waals surface area contributed by atoms with Gasteiger partial charge in [-0.2, -0.15) is 16.9 Å². The molecule has 21 heavy (non-hydrogen) atoms. The standard InChI is InChI=1S/C14H13N3O3S/c18-13-10(11-1-2-12(14(19)20)17(11)13)6-8-5-9-7-21-4-3-16(9)15-8/h2,5-6,11H,1,3-4,7H2,(H,19,20)/b10-6+. The van der Waals surface area contributed by atoms with Crippen LogP contribution >= 0.6 is 11.8 Å². The SMILES string of the molecule is O=C(O)C1=CCC2/C(=C\c3cc4n(n3)CCSC4)C(=O)N12. The number of aromatic nitrogens is 2. The zero-order valence-electron chi connectivity index (χ0n) is 11.2. The van der Waals surface area contributed by atoms with E-state index in [1.807, 2.05) is 22.5 Å². The maximum atomic E-state index is 12.1. The van der Waals surface area contributed by atoms with Crippen LogP contribution in [0.3, 0.4) is 0 Å². The van der Waals surface area contributed by atoms with Crippen molar-refractivity contribution in [1.82, 2.24) is 14.7 Å². The number of β-lactam (4-membered cyclic amide) rings is 1. The van der Waals surface area contributed by atoms with E-state index in [1.165, 1.54) is 10.6 Å². The van der Waals surface area contributed by atoms with E-state index in [4.69, 9.17) is 5.11 Å². The molecular formula is C14H13N3O3S. The fourth-order valence-corrected chi connectivity index (χ4v) is 3.91. The van der Waals surface area contributed by atoms with Gasteiger partial charge in [0.25, 0.3) is 5.91 Å². The van der Waals surface area contributed by atoms with Crippen LogP contribution in [-0.2, 0) is 21.9 Å². The van der Waals surface area contributed by atoms with Gasteiger partial charge in [0.1, 0.15) is 5.70 Å². The smallest absolute Gasteiger partial charge is 0.352 e. The number of carboxylic acid groups (broad SMARTS) is 1. The van der Waals surface area contributed by atoms with Crippen LogP contribution in [0.5, 0.6) is 0 Å². The summed E-state index contributed by atoms with van der Waals surface area (Å²) in [5.41, 5.74) is 2.73. The molecule has 1 saturated heterocycles. The van der Waals surface area contributed by atoms with Crippen LogP contribution in [0, 0.1) is 0 Å². The van der Waals surface area contributed by atoms with E-state index in [-0.39, 0.29) is 17.6 Å². The first-order valence-corrected chi connectivity index (χ1v) is 7.93. The molecule has 4 rings (SSSR count). The number of hydrogen-bond donors (Lipinski definition) is 1. The second-order valence-electron chi connectivity index (χ2n) is 5.26. The molecule has 3 aliphatic rings. The van der Waals surface area contributed by atoms with E-state index in [0.717, 1.165) is 23.7 Å². The summed E-state index contributed by atoms with van der Waals surface area (Å²) in [7, 11) is 0. The summed E-state index contributed by atoms with van der Waals surface area (Å²) in [6.07, 6.45) is 3.99. The van der Waals surface area contributed by atoms with Gasteiger partial charge in [0, 0.05) is 22.8 Å². The van der Waals surface area contributed by atoms with E-state index in [0.29, 0.717) is 12.0 Å². The summed E-state index contributed by atoms with van der Waals surface area (Å²) < 4.78 is 1.99. The van der Waals surface area contributed by atoms with Gasteiger partial charge in [-0.3, -0.25) is 14.4 Å². The lowest BCUT2D eigenvalue weighted by Crippen LogP contribution is -2.52. The monoisotopic (exact) mass is 303 g/mol. The molecule has 1 fully saturated rings. The molecule has 3 aliphatic heterocycles. The van der Waals surface area contributed by atoms with Gasteiger partial charge in [-0.05, 0) is 18.6 Å². The number of rotatable bonds is 2. The second kappa shape index (κ2) is 4.49. The molecule has 7 heteroatoms. The maximum absolute atomic E-state index is 12.1. The van der Waals surface area contributed by atoms with Crippen molar-refractivity contribution in [2.75, 3.05) is 5.75 Å². The third-order valence-electron chi connectivity index (χ3n) is 4.03. The summed E-state index contributed by atoms with van der Waals surface area (Å²) in [4.78, 5) is 24.5. The summed E-state index contributed by atoms with van der Waals surface area (Å²) in [5.74, 6) is 0.752. The first kappa shape index (κ1) is 12.7. The van der Waals surface area contributed by atoms with Gasteiger partial charge in [0.15, 0.2) is 0 Å². The fourth-order valence-electron chi connectivity index (χ4n) is 3.02. The first-order valence-electron chi connectivity index (χ1n) is 6.78. The van der Waals surface area contributed by atoms with Crippen molar-refractivity contribution >= 4 is 29.7 Å². The number of carbonyl (C=O) groups excluding carboxylic acids is 1. The lowest BCUT2D eigenvalue weighted by molar-refractivity contribution is -0.142. The molecule has 0 radical (unpaired) electrons. The van der Waals surface area contributed by atoms with Crippen LogP contribution in [0.1, 0.15) is 17.8 Å². The van der Waals surface area contributed by atoms with Crippen molar-refractivity contribution in [2.45, 2.75) is 24.8 Å². The topological polar surface area (TPSA) is 75.4 Å². The fraction of sp³-hybridized carbons (Fsp3) is 0.357. The van der Waals surface area contributed by atoms with Crippen LogP contribution in [-0.4, -0.2) is 43.5 Å². The van der Waals surface area contributed by atoms with E-state index < -0.39 is 5.97 Å². The van der Waals surface area contributed by atoms with Crippen LogP contribution in [0.4, 0.5) is 0 Å². The molecule has 1 aromatic rings. The Morgan fingerprint density at radius 2 is 2.38 bits per heavy atom. The highest BCUT2D eigenvalue weighted by molar-refractivity contribution is 7.98. The van der Waals surface area contributed by atoms with E-state index >= 15 is 0 Å². The Morgan fingerprint density at radius 3 is 3.14 bits per heavy atom. The number of carbonyl (C=O) groups is 2. The Balaban J connectivity index is 1.60. The highest BCUT2D eigenvalue weighted by Gasteiger charge is 2.48. The number of carboxylic acids is 1. The maximum Gasteiger partial charge on any atom is 0.352 e. The highest BCUT2D eigenvalue weighted by atomic mass is 32.2. The van der Waals surface area contributed by atoms with E-state index in [2.05, 4.69) is 5.10 Å². The Labute approximate surface area is 125 Å². The van der Waals surface area contributed by atoms with Gasteiger partial charge >= 0.3 is 5.97 Å². The van der Waals surface area contributed by atoms with Gasteiger partial charge in [-0.25, -0.2) is 4.79 Å². The molecule has 6 nitrogen and oxygen atoms in total. The largest absolute Gasteiger partial charge is 0.477 e. The van der Waals surface area contributed by atoms with Crippen LogP contribution in [0.2, 0.25) is 0 Å². The minimum absolute atomic E-state index is 0.0997. The van der Waals surface area contributed by atoms with E-state index in [1.54, 1.807) is 12.2 Å². The zero-order valence-corrected chi connectivity index (χ0v) is 12.0. The number of amides is 1. The summed E-state index contributed by atoms with van der Waals surface area (Å²) in [6.45, 7) is 0.900. The third-order valence-corrected chi connectivity index (χ3v) is 5.00. The molecule has 0 saturated carbocycles. The second-order valence-corrected chi connectivity index (χ2v) is 6.36. The Hall–Kier alpha value is -2.02. The number of fused-ring (bicyclic) bond motifs is 2. The normalized spacial score (nSPS) is 25.4. The van der Waals surface area contributed by atoms with Gasteiger partial charge in [0.2, 0.25) is 0 Å². The number of thioether (sulfide) groups is 1. The number of nitrogens with zero attached hydrogens (tertiary/aromatic N) is 3. The lowest BCUT2D eigenvalue weighted by Gasteiger charge is -2.38. The first-order chi connectivity index (χ1) is 10.1. The molecule has 1 N–H and O–H groups in total. The van der Waals surface area contributed by atoms with Crippen molar-refractivity contribution in [3.05, 3.63) is 34.8 Å². The van der Waals surface area contributed by atoms with Gasteiger partial charge in [-0.1, -0.05) is 6.08 Å². The Bertz CT molecular complexity index is 696. The molecule has 1 aromatic heterocycles. The van der Waals surface area contributed by atoms with Crippen LogP contribution in [0.25, 0.3) is 6.08 Å². The number of hydrogen-bond acceptors (Lipinski definition) is 4. The van der Waals surface area contributed by atoms with Gasteiger partial charge in [0.05, 0.1) is 18.3 Å². The van der Waals surface area contributed by atoms with Crippen molar-refractivity contribution in [3.63, 3.8) is 0 Å². The predicted octanol–water partition coefficient (Wildman–Crippen LogP) is 1.10. The molecular weight excluding hydrogens is 290 g/mol. The Kier molecular flexibility index (Phi) is 2.72. The molecule has 0 bridgehead atoms. The summed E-state index contributed by atoms with van der Waals surface area (Å²) >= 11 is 1.88. The van der Waals surface area contributed by atoms with Crippen LogP contribution in [0.15, 0.2) is 23.4 Å². The predicted molar refractivity (Wildman–Crippen MR) is 77.3 cm³/mol. The molecule has 0 aromatic carbocycles. The average molecular weight is 303 g/mol. The molecule has 1 unspecified atom stereocenters. The molecule has 1 amide bonds. The highest BCUT2D eigenvalue weighted by Crippen LogP contribution is 2.39. The van der Waals surface area contributed by atoms with Crippen molar-refractivity contribution in [1.29, 1.82) is 0 Å². The molecule has 0 aliphatic carbocycles. The van der Waals surface area contributed by atoms with E-state index in [9.17, 15) is 9.59 Å². The number of aliphatic carboxylic acids is 1. The molecule has 1 atom stereocenters. The summed E-state index contributed by atoms with van der Waals surface area (Å²) in [6, 6.07) is 1.88. The zero-order chi connectivity index (χ0) is 14.6.